The highest BCUT2D eigenvalue weighted by atomic mass is 16.2. The molecule has 1 aromatic heterocycles. The first kappa shape index (κ1) is 16.0. The molecule has 2 N–H and O–H groups in total. The summed E-state index contributed by atoms with van der Waals surface area (Å²) in [6.45, 7) is 3.37. The van der Waals surface area contributed by atoms with Crippen molar-refractivity contribution in [3.05, 3.63) is 48.3 Å². The number of amides is 3. The number of nitrogens with zero attached hydrogens (tertiary/aromatic N) is 3. The summed E-state index contributed by atoms with van der Waals surface area (Å²) in [5.41, 5.74) is 1.96. The topological polar surface area (TPSA) is 79.3 Å². The SMILES string of the molecule is CCC1C(=O)NCCN1C(=O)NCc1ccc(-n2cccn2)cc1. The summed E-state index contributed by atoms with van der Waals surface area (Å²) >= 11 is 0. The highest BCUT2D eigenvalue weighted by molar-refractivity contribution is 5.88. The van der Waals surface area contributed by atoms with E-state index in [1.54, 1.807) is 15.8 Å². The summed E-state index contributed by atoms with van der Waals surface area (Å²) in [6, 6.07) is 9.10. The van der Waals surface area contributed by atoms with Gasteiger partial charge in [0.05, 0.1) is 5.69 Å². The predicted octanol–water partition coefficient (Wildman–Crippen LogP) is 1.29. The zero-order valence-corrected chi connectivity index (χ0v) is 13.6. The molecule has 0 spiro atoms. The lowest BCUT2D eigenvalue weighted by atomic mass is 10.1. The number of benzene rings is 1. The molecule has 3 rings (SSSR count). The average Bonchev–Trinajstić information content (AvgIpc) is 3.14. The fourth-order valence-electron chi connectivity index (χ4n) is 2.83. The quantitative estimate of drug-likeness (QED) is 0.888. The number of urea groups is 1. The normalized spacial score (nSPS) is 17.5. The molecule has 3 amide bonds. The number of hydrogen-bond donors (Lipinski definition) is 2. The van der Waals surface area contributed by atoms with Gasteiger partial charge in [0.1, 0.15) is 6.04 Å². The molecule has 0 aliphatic carbocycles. The van der Waals surface area contributed by atoms with Gasteiger partial charge in [-0.3, -0.25) is 4.79 Å². The lowest BCUT2D eigenvalue weighted by molar-refractivity contribution is -0.127. The van der Waals surface area contributed by atoms with E-state index in [4.69, 9.17) is 0 Å². The van der Waals surface area contributed by atoms with Gasteiger partial charge in [-0.05, 0) is 30.2 Å². The molecule has 7 nitrogen and oxygen atoms in total. The summed E-state index contributed by atoms with van der Waals surface area (Å²) < 4.78 is 1.78. The van der Waals surface area contributed by atoms with Crippen molar-refractivity contribution >= 4 is 11.9 Å². The van der Waals surface area contributed by atoms with Crippen LogP contribution >= 0.6 is 0 Å². The third-order valence-electron chi connectivity index (χ3n) is 4.13. The summed E-state index contributed by atoms with van der Waals surface area (Å²) in [6.07, 6.45) is 4.22. The Morgan fingerprint density at radius 1 is 1.38 bits per heavy atom. The van der Waals surface area contributed by atoms with E-state index >= 15 is 0 Å². The van der Waals surface area contributed by atoms with E-state index in [0.717, 1.165) is 11.3 Å². The Bertz CT molecular complexity index is 696. The van der Waals surface area contributed by atoms with Gasteiger partial charge in [-0.1, -0.05) is 19.1 Å². The largest absolute Gasteiger partial charge is 0.353 e. The molecule has 1 unspecified atom stereocenters. The summed E-state index contributed by atoms with van der Waals surface area (Å²) in [7, 11) is 0. The molecule has 7 heteroatoms. The van der Waals surface area contributed by atoms with E-state index in [-0.39, 0.29) is 18.0 Å². The average molecular weight is 327 g/mol. The zero-order chi connectivity index (χ0) is 16.9. The van der Waals surface area contributed by atoms with E-state index in [1.165, 1.54) is 0 Å². The van der Waals surface area contributed by atoms with Crippen LogP contribution in [-0.4, -0.2) is 45.8 Å². The van der Waals surface area contributed by atoms with Gasteiger partial charge in [-0.25, -0.2) is 9.48 Å². The lowest BCUT2D eigenvalue weighted by Crippen LogP contribution is -2.59. The molecular formula is C17H21N5O2. The Balaban J connectivity index is 1.59. The Kier molecular flexibility index (Phi) is 4.79. The maximum absolute atomic E-state index is 12.4. The zero-order valence-electron chi connectivity index (χ0n) is 13.6. The molecule has 1 atom stereocenters. The summed E-state index contributed by atoms with van der Waals surface area (Å²) in [5, 5.41) is 9.86. The van der Waals surface area contributed by atoms with E-state index in [1.807, 2.05) is 43.5 Å². The van der Waals surface area contributed by atoms with Crippen LogP contribution < -0.4 is 10.6 Å². The number of aromatic nitrogens is 2. The van der Waals surface area contributed by atoms with Crippen LogP contribution in [0.25, 0.3) is 5.69 Å². The molecule has 1 saturated heterocycles. The molecule has 1 aliphatic rings. The monoisotopic (exact) mass is 327 g/mol. The van der Waals surface area contributed by atoms with Gasteiger partial charge in [0.25, 0.3) is 0 Å². The van der Waals surface area contributed by atoms with Crippen molar-refractivity contribution in [2.75, 3.05) is 13.1 Å². The van der Waals surface area contributed by atoms with Crippen molar-refractivity contribution in [3.8, 4) is 5.69 Å². The minimum atomic E-state index is -0.388. The number of nitrogens with one attached hydrogen (secondary N) is 2. The first-order chi connectivity index (χ1) is 11.7. The Labute approximate surface area is 140 Å². The van der Waals surface area contributed by atoms with Gasteiger partial charge in [0.2, 0.25) is 5.91 Å². The Morgan fingerprint density at radius 2 is 2.17 bits per heavy atom. The number of carbonyl (C=O) groups excluding carboxylic acids is 2. The molecule has 0 bridgehead atoms. The second-order valence-corrected chi connectivity index (χ2v) is 5.68. The fourth-order valence-corrected chi connectivity index (χ4v) is 2.83. The molecule has 2 aromatic rings. The van der Waals surface area contributed by atoms with E-state index in [2.05, 4.69) is 15.7 Å². The van der Waals surface area contributed by atoms with Gasteiger partial charge in [-0.2, -0.15) is 5.10 Å². The predicted molar refractivity (Wildman–Crippen MR) is 89.6 cm³/mol. The van der Waals surface area contributed by atoms with Crippen LogP contribution in [0.5, 0.6) is 0 Å². The van der Waals surface area contributed by atoms with Crippen molar-refractivity contribution < 1.29 is 9.59 Å². The first-order valence-corrected chi connectivity index (χ1v) is 8.10. The molecule has 126 valence electrons. The second kappa shape index (κ2) is 7.16. The van der Waals surface area contributed by atoms with Crippen molar-refractivity contribution in [3.63, 3.8) is 0 Å². The van der Waals surface area contributed by atoms with Gasteiger partial charge in [-0.15, -0.1) is 0 Å². The molecule has 2 heterocycles. The maximum atomic E-state index is 12.4. The molecule has 24 heavy (non-hydrogen) atoms. The smallest absolute Gasteiger partial charge is 0.318 e. The summed E-state index contributed by atoms with van der Waals surface area (Å²) in [5.74, 6) is -0.0810. The Hall–Kier alpha value is -2.83. The third kappa shape index (κ3) is 3.40. The van der Waals surface area contributed by atoms with Gasteiger partial charge >= 0.3 is 6.03 Å². The molecule has 1 aromatic carbocycles. The molecule has 1 fully saturated rings. The first-order valence-electron chi connectivity index (χ1n) is 8.10. The van der Waals surface area contributed by atoms with Crippen LogP contribution in [0.3, 0.4) is 0 Å². The highest BCUT2D eigenvalue weighted by Gasteiger charge is 2.31. The van der Waals surface area contributed by atoms with Crippen molar-refractivity contribution in [1.82, 2.24) is 25.3 Å². The minimum absolute atomic E-state index is 0.0810. The third-order valence-corrected chi connectivity index (χ3v) is 4.13. The molecule has 0 saturated carbocycles. The van der Waals surface area contributed by atoms with Crippen molar-refractivity contribution in [2.24, 2.45) is 0 Å². The van der Waals surface area contributed by atoms with Gasteiger partial charge in [0.15, 0.2) is 0 Å². The van der Waals surface area contributed by atoms with E-state index in [0.29, 0.717) is 26.1 Å². The standard InChI is InChI=1S/C17H21N5O2/c1-2-15-16(23)18-9-11-21(15)17(24)19-12-13-4-6-14(7-5-13)22-10-3-8-20-22/h3-8,10,15H,2,9,11-12H2,1H3,(H,18,23)(H,19,24). The molecular weight excluding hydrogens is 306 g/mol. The van der Waals surface area contributed by atoms with Crippen LogP contribution in [-0.2, 0) is 11.3 Å². The number of piperazine rings is 1. The summed E-state index contributed by atoms with van der Waals surface area (Å²) in [4.78, 5) is 25.8. The van der Waals surface area contributed by atoms with E-state index in [9.17, 15) is 9.59 Å². The highest BCUT2D eigenvalue weighted by Crippen LogP contribution is 2.11. The van der Waals surface area contributed by atoms with Crippen LogP contribution in [0.2, 0.25) is 0 Å². The maximum Gasteiger partial charge on any atom is 0.318 e. The van der Waals surface area contributed by atoms with Crippen molar-refractivity contribution in [2.45, 2.75) is 25.9 Å². The minimum Gasteiger partial charge on any atom is -0.353 e. The number of hydrogen-bond acceptors (Lipinski definition) is 3. The molecule has 0 radical (unpaired) electrons. The number of rotatable bonds is 4. The van der Waals surface area contributed by atoms with Crippen molar-refractivity contribution in [1.29, 1.82) is 0 Å². The molecule has 1 aliphatic heterocycles. The van der Waals surface area contributed by atoms with Gasteiger partial charge < -0.3 is 15.5 Å². The van der Waals surface area contributed by atoms with E-state index < -0.39 is 0 Å². The fraction of sp³-hybridized carbons (Fsp3) is 0.353. The Morgan fingerprint density at radius 3 is 2.83 bits per heavy atom. The second-order valence-electron chi connectivity index (χ2n) is 5.68. The van der Waals surface area contributed by atoms with Crippen LogP contribution in [0.15, 0.2) is 42.7 Å². The number of carbonyl (C=O) groups is 2. The van der Waals surface area contributed by atoms with Crippen LogP contribution in [0.4, 0.5) is 4.79 Å². The lowest BCUT2D eigenvalue weighted by Gasteiger charge is -2.34. The van der Waals surface area contributed by atoms with Crippen LogP contribution in [0, 0.1) is 0 Å². The van der Waals surface area contributed by atoms with Crippen LogP contribution in [0.1, 0.15) is 18.9 Å². The van der Waals surface area contributed by atoms with Gasteiger partial charge in [0, 0.05) is 32.0 Å².